The van der Waals surface area contributed by atoms with Gasteiger partial charge in [-0.1, -0.05) is 17.7 Å². The Morgan fingerprint density at radius 3 is 2.39 bits per heavy atom. The third-order valence-corrected chi connectivity index (χ3v) is 7.35. The minimum atomic E-state index is -4.12. The molecule has 1 fully saturated rings. The van der Waals surface area contributed by atoms with E-state index in [0.717, 1.165) is 27.6 Å². The van der Waals surface area contributed by atoms with Gasteiger partial charge in [-0.15, -0.1) is 10.2 Å². The molecule has 1 aliphatic heterocycles. The maximum Gasteiger partial charge on any atom is 0.247 e. The molecule has 1 aliphatic rings. The van der Waals surface area contributed by atoms with E-state index in [1.54, 1.807) is 4.90 Å². The van der Waals surface area contributed by atoms with E-state index in [-0.39, 0.29) is 44.9 Å². The number of hydrogen-bond acceptors (Lipinski definition) is 6. The molecule has 174 valence electrons. The normalized spacial score (nSPS) is 15.1. The second kappa shape index (κ2) is 9.36. The lowest BCUT2D eigenvalue weighted by molar-refractivity contribution is -0.132. The fraction of sp³-hybridized carbons (Fsp3) is 0.318. The van der Waals surface area contributed by atoms with Crippen molar-refractivity contribution in [1.29, 1.82) is 0 Å². The van der Waals surface area contributed by atoms with Crippen molar-refractivity contribution in [3.8, 4) is 11.5 Å². The second-order valence-corrected chi connectivity index (χ2v) is 9.63. The lowest BCUT2D eigenvalue weighted by Gasteiger charge is -2.34. The molecule has 0 radical (unpaired) electrons. The Hall–Kier alpha value is -3.18. The Morgan fingerprint density at radius 1 is 1.03 bits per heavy atom. The summed E-state index contributed by atoms with van der Waals surface area (Å²) in [6, 6.07) is 9.98. The summed E-state index contributed by atoms with van der Waals surface area (Å²) in [6.07, 6.45) is 0.395. The number of benzene rings is 2. The number of nitrogens with zero attached hydrogens (tertiary/aromatic N) is 4. The summed E-state index contributed by atoms with van der Waals surface area (Å²) in [5.41, 5.74) is 1.90. The predicted molar refractivity (Wildman–Crippen MR) is 114 cm³/mol. The fourth-order valence-electron chi connectivity index (χ4n) is 3.54. The highest BCUT2D eigenvalue weighted by Gasteiger charge is 2.32. The van der Waals surface area contributed by atoms with Gasteiger partial charge in [-0.3, -0.25) is 4.79 Å². The fourth-order valence-corrected chi connectivity index (χ4v) is 5.01. The highest BCUT2D eigenvalue weighted by molar-refractivity contribution is 7.89. The molecule has 0 unspecified atom stereocenters. The molecule has 11 heteroatoms. The van der Waals surface area contributed by atoms with Gasteiger partial charge >= 0.3 is 0 Å². The number of rotatable bonds is 6. The Bertz CT molecular complexity index is 1250. The Morgan fingerprint density at radius 2 is 1.73 bits per heavy atom. The molecule has 4 rings (SSSR count). The summed E-state index contributed by atoms with van der Waals surface area (Å²) in [5, 5.41) is 8.00. The molecular weight excluding hydrogens is 454 g/mol. The number of aryl methyl sites for hydroxylation is 2. The van der Waals surface area contributed by atoms with Crippen molar-refractivity contribution in [2.24, 2.45) is 0 Å². The van der Waals surface area contributed by atoms with Gasteiger partial charge in [-0.05, 0) is 31.2 Å². The Labute approximate surface area is 189 Å². The zero-order valence-corrected chi connectivity index (χ0v) is 18.7. The zero-order valence-electron chi connectivity index (χ0n) is 17.9. The lowest BCUT2D eigenvalue weighted by atomic mass is 10.1. The largest absolute Gasteiger partial charge is 0.421 e. The molecule has 3 aromatic rings. The number of amides is 1. The number of halogens is 2. The summed E-state index contributed by atoms with van der Waals surface area (Å²) in [6.45, 7) is 2.34. The number of carbonyl (C=O) groups excluding carboxylic acids is 1. The third kappa shape index (κ3) is 5.09. The van der Waals surface area contributed by atoms with Gasteiger partial charge in [-0.25, -0.2) is 17.2 Å². The lowest BCUT2D eigenvalue weighted by Crippen LogP contribution is -2.50. The summed E-state index contributed by atoms with van der Waals surface area (Å²) in [7, 11) is -4.12. The molecule has 1 amide bonds. The highest BCUT2D eigenvalue weighted by Crippen LogP contribution is 2.22. The summed E-state index contributed by atoms with van der Waals surface area (Å²) in [4.78, 5) is 13.5. The van der Waals surface area contributed by atoms with Gasteiger partial charge in [0, 0.05) is 50.7 Å². The van der Waals surface area contributed by atoms with Crippen molar-refractivity contribution < 1.29 is 26.4 Å². The molecule has 2 heterocycles. The van der Waals surface area contributed by atoms with Gasteiger partial charge in [0.05, 0.1) is 0 Å². The van der Waals surface area contributed by atoms with E-state index in [1.165, 1.54) is 0 Å². The molecule has 0 aliphatic carbocycles. The molecule has 1 aromatic heterocycles. The van der Waals surface area contributed by atoms with E-state index in [4.69, 9.17) is 4.42 Å². The first-order valence-corrected chi connectivity index (χ1v) is 11.8. The molecule has 8 nitrogen and oxygen atoms in total. The predicted octanol–water partition coefficient (Wildman–Crippen LogP) is 2.79. The molecule has 33 heavy (non-hydrogen) atoms. The standard InChI is InChI=1S/C22H22F2N4O4S/c1-15-2-4-16(5-3-15)22-26-25-20(32-22)8-9-21(29)27-10-12-28(13-11-27)33(30,31)19-7-6-17(23)14-18(19)24/h2-7,14H,8-13H2,1H3. The molecule has 0 bridgehead atoms. The van der Waals surface area contributed by atoms with Crippen LogP contribution in [0.1, 0.15) is 17.9 Å². The van der Waals surface area contributed by atoms with Gasteiger partial charge in [-0.2, -0.15) is 4.31 Å². The van der Waals surface area contributed by atoms with E-state index < -0.39 is 26.6 Å². The maximum absolute atomic E-state index is 14.0. The van der Waals surface area contributed by atoms with Crippen molar-refractivity contribution in [2.75, 3.05) is 26.2 Å². The smallest absolute Gasteiger partial charge is 0.247 e. The van der Waals surface area contributed by atoms with Crippen LogP contribution in [0.5, 0.6) is 0 Å². The van der Waals surface area contributed by atoms with Crippen LogP contribution in [0, 0.1) is 18.6 Å². The summed E-state index contributed by atoms with van der Waals surface area (Å²) < 4.78 is 59.2. The van der Waals surface area contributed by atoms with Crippen LogP contribution < -0.4 is 0 Å². The van der Waals surface area contributed by atoms with Crippen LogP contribution in [0.3, 0.4) is 0 Å². The van der Waals surface area contributed by atoms with Crippen molar-refractivity contribution in [1.82, 2.24) is 19.4 Å². The number of sulfonamides is 1. The molecule has 0 spiro atoms. The van der Waals surface area contributed by atoms with E-state index in [1.807, 2.05) is 31.2 Å². The van der Waals surface area contributed by atoms with Gasteiger partial charge in [0.25, 0.3) is 0 Å². The second-order valence-electron chi connectivity index (χ2n) is 7.73. The maximum atomic E-state index is 14.0. The van der Waals surface area contributed by atoms with Crippen LogP contribution >= 0.6 is 0 Å². The van der Waals surface area contributed by atoms with E-state index in [9.17, 15) is 22.0 Å². The Kier molecular flexibility index (Phi) is 6.52. The molecule has 1 saturated heterocycles. The Balaban J connectivity index is 1.31. The van der Waals surface area contributed by atoms with E-state index in [2.05, 4.69) is 10.2 Å². The average Bonchev–Trinajstić information content (AvgIpc) is 3.27. The average molecular weight is 477 g/mol. The summed E-state index contributed by atoms with van der Waals surface area (Å²) in [5.74, 6) is -1.45. The third-order valence-electron chi connectivity index (χ3n) is 5.42. The minimum absolute atomic E-state index is 0.0169. The van der Waals surface area contributed by atoms with Crippen molar-refractivity contribution in [3.63, 3.8) is 0 Å². The van der Waals surface area contributed by atoms with Gasteiger partial charge in [0.1, 0.15) is 16.5 Å². The number of aromatic nitrogens is 2. The molecule has 0 N–H and O–H groups in total. The molecule has 0 saturated carbocycles. The van der Waals surface area contributed by atoms with Gasteiger partial charge in [0.2, 0.25) is 27.7 Å². The van der Waals surface area contributed by atoms with Crippen molar-refractivity contribution in [3.05, 3.63) is 65.6 Å². The molecule has 0 atom stereocenters. The zero-order chi connectivity index (χ0) is 23.6. The van der Waals surface area contributed by atoms with Crippen LogP contribution in [0.15, 0.2) is 51.8 Å². The van der Waals surface area contributed by atoms with Crippen molar-refractivity contribution >= 4 is 15.9 Å². The van der Waals surface area contributed by atoms with E-state index in [0.29, 0.717) is 17.8 Å². The molecular formula is C22H22F2N4O4S. The van der Waals surface area contributed by atoms with Gasteiger partial charge < -0.3 is 9.32 Å². The minimum Gasteiger partial charge on any atom is -0.421 e. The number of hydrogen-bond donors (Lipinski definition) is 0. The van der Waals surface area contributed by atoms with Crippen molar-refractivity contribution in [2.45, 2.75) is 24.7 Å². The van der Waals surface area contributed by atoms with Crippen LogP contribution in [0.4, 0.5) is 8.78 Å². The first kappa shape index (κ1) is 23.0. The summed E-state index contributed by atoms with van der Waals surface area (Å²) >= 11 is 0. The van der Waals surface area contributed by atoms with E-state index >= 15 is 0 Å². The van der Waals surface area contributed by atoms with Crippen LogP contribution in [-0.4, -0.2) is 59.9 Å². The van der Waals surface area contributed by atoms with Gasteiger partial charge in [0.15, 0.2) is 0 Å². The first-order chi connectivity index (χ1) is 15.7. The van der Waals surface area contributed by atoms with Crippen LogP contribution in [-0.2, 0) is 21.2 Å². The quantitative estimate of drug-likeness (QED) is 0.543. The monoisotopic (exact) mass is 476 g/mol. The highest BCUT2D eigenvalue weighted by atomic mass is 32.2. The van der Waals surface area contributed by atoms with Crippen LogP contribution in [0.25, 0.3) is 11.5 Å². The molecule has 2 aromatic carbocycles. The topological polar surface area (TPSA) is 96.6 Å². The first-order valence-electron chi connectivity index (χ1n) is 10.4. The number of carbonyl (C=O) groups is 1. The SMILES string of the molecule is Cc1ccc(-c2nnc(CCC(=O)N3CCN(S(=O)(=O)c4ccc(F)cc4F)CC3)o2)cc1. The number of piperazine rings is 1. The van der Waals surface area contributed by atoms with Crippen LogP contribution in [0.2, 0.25) is 0 Å².